The lowest BCUT2D eigenvalue weighted by atomic mass is 9.88. The van der Waals surface area contributed by atoms with Crippen molar-refractivity contribution in [3.8, 4) is 0 Å². The Morgan fingerprint density at radius 2 is 1.76 bits per heavy atom. The molecule has 2 aliphatic rings. The van der Waals surface area contributed by atoms with Gasteiger partial charge in [0.1, 0.15) is 5.54 Å². The molecular formula is C15H12N2OS3. The fourth-order valence-electron chi connectivity index (χ4n) is 2.76. The number of amides is 1. The van der Waals surface area contributed by atoms with Crippen LogP contribution in [0, 0.1) is 0 Å². The molecule has 1 amide bonds. The average molecular weight is 332 g/mol. The van der Waals surface area contributed by atoms with Crippen LogP contribution in [0.4, 0.5) is 0 Å². The van der Waals surface area contributed by atoms with E-state index in [-0.39, 0.29) is 5.91 Å². The Balaban J connectivity index is 1.75. The molecule has 0 spiro atoms. The summed E-state index contributed by atoms with van der Waals surface area (Å²) in [4.78, 5) is 21.5. The van der Waals surface area contributed by atoms with Crippen molar-refractivity contribution in [2.24, 2.45) is 4.99 Å². The molecule has 4 heterocycles. The van der Waals surface area contributed by atoms with Crippen molar-refractivity contribution in [1.82, 2.24) is 4.90 Å². The van der Waals surface area contributed by atoms with E-state index in [1.54, 1.807) is 22.7 Å². The lowest BCUT2D eigenvalue weighted by Crippen LogP contribution is -2.51. The molecule has 106 valence electrons. The molecular weight excluding hydrogens is 320 g/mol. The van der Waals surface area contributed by atoms with E-state index < -0.39 is 5.54 Å². The number of thiophene rings is 2. The zero-order chi connectivity index (χ0) is 14.3. The highest BCUT2D eigenvalue weighted by molar-refractivity contribution is 8.16. The highest BCUT2D eigenvalue weighted by atomic mass is 32.2. The van der Waals surface area contributed by atoms with Crippen LogP contribution in [0.2, 0.25) is 0 Å². The Morgan fingerprint density at radius 1 is 1.10 bits per heavy atom. The average Bonchev–Trinajstić information content (AvgIpc) is 3.21. The van der Waals surface area contributed by atoms with E-state index in [9.17, 15) is 4.79 Å². The highest BCUT2D eigenvalue weighted by Gasteiger charge is 2.51. The summed E-state index contributed by atoms with van der Waals surface area (Å²) in [5.74, 6) is -0.0175. The minimum absolute atomic E-state index is 0.0175. The van der Waals surface area contributed by atoms with Crippen molar-refractivity contribution >= 4 is 45.5 Å². The zero-order valence-corrected chi connectivity index (χ0v) is 13.5. The summed E-state index contributed by atoms with van der Waals surface area (Å²) in [6, 6.07) is 8.27. The first kappa shape index (κ1) is 13.3. The quantitative estimate of drug-likeness (QED) is 0.855. The van der Waals surface area contributed by atoms with Crippen LogP contribution in [0.25, 0.3) is 0 Å². The number of thioether (sulfide) groups is 1. The number of fused-ring (bicyclic) bond motifs is 1. The molecule has 2 aromatic heterocycles. The Kier molecular flexibility index (Phi) is 3.24. The molecule has 2 aromatic rings. The van der Waals surface area contributed by atoms with Gasteiger partial charge in [-0.2, -0.15) is 4.99 Å². The van der Waals surface area contributed by atoms with Crippen molar-refractivity contribution in [2.45, 2.75) is 18.4 Å². The summed E-state index contributed by atoms with van der Waals surface area (Å²) in [6.07, 6.45) is 3.41. The second-order valence-electron chi connectivity index (χ2n) is 5.02. The largest absolute Gasteiger partial charge is 0.311 e. The maximum Gasteiger partial charge on any atom is 0.275 e. The van der Waals surface area contributed by atoms with Crippen molar-refractivity contribution in [2.75, 3.05) is 0 Å². The van der Waals surface area contributed by atoms with Gasteiger partial charge in [-0.05, 0) is 28.3 Å². The molecule has 2 aliphatic heterocycles. The number of aliphatic imine (C=N–C) groups is 1. The molecule has 0 unspecified atom stereocenters. The smallest absolute Gasteiger partial charge is 0.275 e. The number of rotatable bonds is 4. The molecule has 6 heteroatoms. The van der Waals surface area contributed by atoms with Crippen LogP contribution in [0.5, 0.6) is 0 Å². The summed E-state index contributed by atoms with van der Waals surface area (Å²) in [6.45, 7) is 0. The van der Waals surface area contributed by atoms with Gasteiger partial charge >= 0.3 is 0 Å². The van der Waals surface area contributed by atoms with Crippen molar-refractivity contribution in [1.29, 1.82) is 0 Å². The summed E-state index contributed by atoms with van der Waals surface area (Å²) < 4.78 is 0. The molecule has 0 saturated carbocycles. The predicted octanol–water partition coefficient (Wildman–Crippen LogP) is 3.75. The molecule has 0 aliphatic carbocycles. The molecule has 0 aromatic carbocycles. The molecule has 0 fully saturated rings. The third-order valence-electron chi connectivity index (χ3n) is 3.74. The maximum absolute atomic E-state index is 12.7. The molecule has 0 bridgehead atoms. The first-order chi connectivity index (χ1) is 10.3. The standard InChI is InChI=1S/C15H12N2OS3/c18-13-15(9-11-3-1-6-19-11,10-12-4-2-7-20-12)17-5-8-21-14(17)16-13/h1-8H,9-10H2. The zero-order valence-electron chi connectivity index (χ0n) is 11.1. The van der Waals surface area contributed by atoms with E-state index >= 15 is 0 Å². The van der Waals surface area contributed by atoms with Crippen LogP contribution in [0.1, 0.15) is 9.75 Å². The van der Waals surface area contributed by atoms with Crippen LogP contribution in [-0.2, 0) is 17.6 Å². The van der Waals surface area contributed by atoms with Gasteiger partial charge in [0.05, 0.1) is 0 Å². The maximum atomic E-state index is 12.7. The summed E-state index contributed by atoms with van der Waals surface area (Å²) in [5, 5.41) is 6.93. The second kappa shape index (κ2) is 5.12. The third kappa shape index (κ3) is 2.18. The van der Waals surface area contributed by atoms with Crippen molar-refractivity contribution in [3.63, 3.8) is 0 Å². The summed E-state index contributed by atoms with van der Waals surface area (Å²) in [5.41, 5.74) is -0.592. The molecule has 0 radical (unpaired) electrons. The monoisotopic (exact) mass is 332 g/mol. The highest BCUT2D eigenvalue weighted by Crippen LogP contribution is 2.40. The van der Waals surface area contributed by atoms with E-state index in [0.29, 0.717) is 12.8 Å². The molecule has 3 nitrogen and oxygen atoms in total. The first-order valence-corrected chi connectivity index (χ1v) is 9.22. The van der Waals surface area contributed by atoms with Gasteiger partial charge in [-0.15, -0.1) is 22.7 Å². The van der Waals surface area contributed by atoms with Crippen molar-refractivity contribution < 1.29 is 4.79 Å². The number of hydrogen-bond acceptors (Lipinski definition) is 5. The van der Waals surface area contributed by atoms with Crippen LogP contribution < -0.4 is 0 Å². The molecule has 0 N–H and O–H groups in total. The topological polar surface area (TPSA) is 32.7 Å². The predicted molar refractivity (Wildman–Crippen MR) is 89.8 cm³/mol. The third-order valence-corrected chi connectivity index (χ3v) is 6.25. The second-order valence-corrected chi connectivity index (χ2v) is 7.95. The Hall–Kier alpha value is -1.37. The number of hydrogen-bond donors (Lipinski definition) is 0. The van der Waals surface area contributed by atoms with Crippen LogP contribution in [-0.4, -0.2) is 21.5 Å². The van der Waals surface area contributed by atoms with E-state index in [2.05, 4.69) is 32.8 Å². The Bertz CT molecular complexity index is 680. The Morgan fingerprint density at radius 3 is 2.33 bits per heavy atom. The number of carbonyl (C=O) groups is 1. The van der Waals surface area contributed by atoms with Gasteiger partial charge in [0.2, 0.25) is 0 Å². The number of amidine groups is 1. The van der Waals surface area contributed by atoms with E-state index in [1.807, 2.05) is 23.7 Å². The Labute approximate surface area is 135 Å². The number of carbonyl (C=O) groups excluding carboxylic acids is 1. The number of nitrogens with zero attached hydrogens (tertiary/aromatic N) is 2. The summed E-state index contributed by atoms with van der Waals surface area (Å²) >= 11 is 4.93. The molecule has 4 rings (SSSR count). The van der Waals surface area contributed by atoms with Gasteiger partial charge in [-0.1, -0.05) is 23.9 Å². The van der Waals surface area contributed by atoms with Gasteiger partial charge in [0.25, 0.3) is 5.91 Å². The lowest BCUT2D eigenvalue weighted by molar-refractivity contribution is -0.124. The fraction of sp³-hybridized carbons (Fsp3) is 0.200. The van der Waals surface area contributed by atoms with Gasteiger partial charge in [0.15, 0.2) is 5.17 Å². The minimum atomic E-state index is -0.592. The van der Waals surface area contributed by atoms with Gasteiger partial charge in [-0.3, -0.25) is 4.79 Å². The summed E-state index contributed by atoms with van der Waals surface area (Å²) in [7, 11) is 0. The first-order valence-electron chi connectivity index (χ1n) is 6.58. The van der Waals surface area contributed by atoms with E-state index in [1.165, 1.54) is 21.5 Å². The van der Waals surface area contributed by atoms with Gasteiger partial charge in [0, 0.05) is 28.8 Å². The normalized spacial score (nSPS) is 19.1. The van der Waals surface area contributed by atoms with Gasteiger partial charge in [-0.25, -0.2) is 0 Å². The fourth-order valence-corrected chi connectivity index (χ4v) is 5.17. The van der Waals surface area contributed by atoms with Crippen LogP contribution in [0.15, 0.2) is 51.6 Å². The van der Waals surface area contributed by atoms with Gasteiger partial charge < -0.3 is 4.90 Å². The van der Waals surface area contributed by atoms with E-state index in [4.69, 9.17) is 0 Å². The molecule has 21 heavy (non-hydrogen) atoms. The SMILES string of the molecule is O=C1N=C2SC=CN2C1(Cc1cccs1)Cc1cccs1. The van der Waals surface area contributed by atoms with Crippen LogP contribution >= 0.6 is 34.4 Å². The van der Waals surface area contributed by atoms with Crippen LogP contribution in [0.3, 0.4) is 0 Å². The molecule has 0 atom stereocenters. The minimum Gasteiger partial charge on any atom is -0.311 e. The van der Waals surface area contributed by atoms with E-state index in [0.717, 1.165) is 5.17 Å². The molecule has 0 saturated heterocycles. The van der Waals surface area contributed by atoms with Crippen molar-refractivity contribution in [3.05, 3.63) is 56.4 Å². The lowest BCUT2D eigenvalue weighted by Gasteiger charge is -2.33.